The molecule has 1 atom stereocenters. The summed E-state index contributed by atoms with van der Waals surface area (Å²) in [6.07, 6.45) is 0. The molecule has 1 rings (SSSR count). The second-order valence-electron chi connectivity index (χ2n) is 4.87. The molecule has 0 aliphatic heterocycles. The number of ether oxygens (including phenoxy) is 1. The predicted molar refractivity (Wildman–Crippen MR) is 79.4 cm³/mol. The number of carbonyl (C=O) groups is 2. The third-order valence-electron chi connectivity index (χ3n) is 2.91. The minimum absolute atomic E-state index is 0.0608. The molecule has 1 aromatic rings. The highest BCUT2D eigenvalue weighted by atomic mass is 16.5. The van der Waals surface area contributed by atoms with E-state index in [0.717, 1.165) is 5.56 Å². The summed E-state index contributed by atoms with van der Waals surface area (Å²) in [4.78, 5) is 24.3. The molecule has 0 radical (unpaired) electrons. The van der Waals surface area contributed by atoms with Crippen molar-refractivity contribution in [2.75, 3.05) is 20.3 Å². The van der Waals surface area contributed by atoms with E-state index in [1.807, 2.05) is 13.8 Å². The Balaban J connectivity index is 2.49. The van der Waals surface area contributed by atoms with Crippen LogP contribution >= 0.6 is 0 Å². The van der Waals surface area contributed by atoms with Gasteiger partial charge in [-0.15, -0.1) is 0 Å². The van der Waals surface area contributed by atoms with Crippen molar-refractivity contribution in [3.8, 4) is 0 Å². The highest BCUT2D eigenvalue weighted by molar-refractivity contribution is 5.87. The topological polar surface area (TPSA) is 78.9 Å². The second kappa shape index (κ2) is 8.26. The monoisotopic (exact) mass is 294 g/mol. The van der Waals surface area contributed by atoms with Gasteiger partial charge in [0.2, 0.25) is 0 Å². The average Bonchev–Trinajstić information content (AvgIpc) is 2.45. The van der Waals surface area contributed by atoms with Crippen molar-refractivity contribution in [2.24, 2.45) is 0 Å². The van der Waals surface area contributed by atoms with E-state index in [4.69, 9.17) is 9.84 Å². The maximum Gasteiger partial charge on any atom is 0.335 e. The summed E-state index contributed by atoms with van der Waals surface area (Å²) in [5.41, 5.74) is 1.10. The van der Waals surface area contributed by atoms with E-state index in [9.17, 15) is 9.59 Å². The Bertz CT molecular complexity index is 473. The number of carboxylic acid groups (broad SMARTS) is 1. The number of hydrogen-bond donors (Lipinski definition) is 2. The fourth-order valence-electron chi connectivity index (χ4n) is 1.76. The summed E-state index contributed by atoms with van der Waals surface area (Å²) >= 11 is 0. The van der Waals surface area contributed by atoms with Gasteiger partial charge in [0, 0.05) is 20.2 Å². The Morgan fingerprint density at radius 2 is 1.95 bits per heavy atom. The molecule has 1 aromatic carbocycles. The minimum atomic E-state index is -0.961. The number of nitrogens with one attached hydrogen (secondary N) is 1. The van der Waals surface area contributed by atoms with Crippen LogP contribution in [0.4, 0.5) is 4.79 Å². The molecule has 0 spiro atoms. The quantitative estimate of drug-likeness (QED) is 0.805. The molecule has 0 aliphatic rings. The van der Waals surface area contributed by atoms with Gasteiger partial charge in [-0.2, -0.15) is 0 Å². The number of hydrogen-bond acceptors (Lipinski definition) is 3. The van der Waals surface area contributed by atoms with Crippen LogP contribution in [-0.2, 0) is 11.3 Å². The lowest BCUT2D eigenvalue weighted by Gasteiger charge is -2.21. The number of carbonyl (C=O) groups excluding carboxylic acids is 1. The first-order valence-electron chi connectivity index (χ1n) is 6.85. The molecule has 6 nitrogen and oxygen atoms in total. The summed E-state index contributed by atoms with van der Waals surface area (Å²) in [6.45, 7) is 5.28. The molecule has 116 valence electrons. The van der Waals surface area contributed by atoms with Crippen LogP contribution < -0.4 is 5.32 Å². The van der Waals surface area contributed by atoms with Gasteiger partial charge >= 0.3 is 12.0 Å². The van der Waals surface area contributed by atoms with Crippen LogP contribution in [0, 0.1) is 0 Å². The van der Waals surface area contributed by atoms with Gasteiger partial charge in [0.1, 0.15) is 0 Å². The van der Waals surface area contributed by atoms with Crippen LogP contribution in [-0.4, -0.2) is 48.3 Å². The molecule has 0 heterocycles. The van der Waals surface area contributed by atoms with Crippen molar-refractivity contribution < 1.29 is 19.4 Å². The van der Waals surface area contributed by atoms with E-state index in [-0.39, 0.29) is 17.6 Å². The van der Waals surface area contributed by atoms with E-state index in [0.29, 0.717) is 19.8 Å². The number of rotatable bonds is 7. The van der Waals surface area contributed by atoms with Gasteiger partial charge < -0.3 is 20.1 Å². The normalized spacial score (nSPS) is 11.8. The number of amides is 2. The molecule has 6 heteroatoms. The highest BCUT2D eigenvalue weighted by Gasteiger charge is 2.12. The van der Waals surface area contributed by atoms with Crippen molar-refractivity contribution >= 4 is 12.0 Å². The van der Waals surface area contributed by atoms with Crippen molar-refractivity contribution in [3.05, 3.63) is 35.4 Å². The molecule has 0 aliphatic carbocycles. The Morgan fingerprint density at radius 1 is 1.33 bits per heavy atom. The van der Waals surface area contributed by atoms with E-state index >= 15 is 0 Å². The molecule has 0 saturated carbocycles. The van der Waals surface area contributed by atoms with Gasteiger partial charge in [0.05, 0.1) is 18.2 Å². The highest BCUT2D eigenvalue weighted by Crippen LogP contribution is 2.07. The van der Waals surface area contributed by atoms with E-state index in [1.165, 1.54) is 17.0 Å². The van der Waals surface area contributed by atoms with Crippen LogP contribution in [0.15, 0.2) is 24.3 Å². The van der Waals surface area contributed by atoms with Crippen molar-refractivity contribution in [2.45, 2.75) is 26.4 Å². The summed E-state index contributed by atoms with van der Waals surface area (Å²) in [5, 5.41) is 11.7. The number of nitrogens with zero attached hydrogens (tertiary/aromatic N) is 1. The zero-order valence-electron chi connectivity index (χ0n) is 12.6. The van der Waals surface area contributed by atoms with Crippen molar-refractivity contribution in [3.63, 3.8) is 0 Å². The Labute approximate surface area is 124 Å². The van der Waals surface area contributed by atoms with Gasteiger partial charge in [-0.1, -0.05) is 12.1 Å². The van der Waals surface area contributed by atoms with E-state index in [2.05, 4.69) is 5.32 Å². The smallest absolute Gasteiger partial charge is 0.335 e. The van der Waals surface area contributed by atoms with Gasteiger partial charge in [-0.25, -0.2) is 9.59 Å². The zero-order valence-corrected chi connectivity index (χ0v) is 12.6. The lowest BCUT2D eigenvalue weighted by molar-refractivity contribution is 0.0697. The molecule has 0 bridgehead atoms. The lowest BCUT2D eigenvalue weighted by Crippen LogP contribution is -2.43. The van der Waals surface area contributed by atoms with Gasteiger partial charge in [-0.3, -0.25) is 0 Å². The number of benzene rings is 1. The molecule has 0 aromatic heterocycles. The molecule has 2 amide bonds. The van der Waals surface area contributed by atoms with Gasteiger partial charge in [0.25, 0.3) is 0 Å². The predicted octanol–water partition coefficient (Wildman–Crippen LogP) is 1.95. The average molecular weight is 294 g/mol. The zero-order chi connectivity index (χ0) is 15.8. The second-order valence-corrected chi connectivity index (χ2v) is 4.87. The largest absolute Gasteiger partial charge is 0.478 e. The first kappa shape index (κ1) is 17.0. The Morgan fingerprint density at radius 3 is 2.48 bits per heavy atom. The molecule has 0 saturated heterocycles. The van der Waals surface area contributed by atoms with Crippen molar-refractivity contribution in [1.82, 2.24) is 10.2 Å². The summed E-state index contributed by atoms with van der Waals surface area (Å²) in [6, 6.07) is 6.22. The van der Waals surface area contributed by atoms with Crippen molar-refractivity contribution in [1.29, 1.82) is 0 Å². The first-order valence-corrected chi connectivity index (χ1v) is 6.85. The van der Waals surface area contributed by atoms with Crippen LogP contribution in [0.3, 0.4) is 0 Å². The molecule has 0 fully saturated rings. The molecule has 1 unspecified atom stereocenters. The number of urea groups is 1. The summed E-state index contributed by atoms with van der Waals surface area (Å²) in [7, 11) is 1.69. The number of carboxylic acids is 1. The lowest BCUT2D eigenvalue weighted by atomic mass is 10.1. The fraction of sp³-hybridized carbons (Fsp3) is 0.467. The number of aromatic carboxylic acids is 1. The fourth-order valence-corrected chi connectivity index (χ4v) is 1.76. The minimum Gasteiger partial charge on any atom is -0.478 e. The molecular weight excluding hydrogens is 272 g/mol. The van der Waals surface area contributed by atoms with Crippen LogP contribution in [0.25, 0.3) is 0 Å². The SMILES string of the molecule is CCOCC(C)NC(=O)N(C)Cc1ccc(C(=O)O)cc1. The maximum absolute atomic E-state index is 12.0. The molecule has 2 N–H and O–H groups in total. The first-order chi connectivity index (χ1) is 9.93. The standard InChI is InChI=1S/C15H22N2O4/c1-4-21-10-11(2)16-15(20)17(3)9-12-5-7-13(8-6-12)14(18)19/h5-8,11H,4,9-10H2,1-3H3,(H,16,20)(H,18,19). The summed E-state index contributed by atoms with van der Waals surface area (Å²) in [5.74, 6) is -0.961. The van der Waals surface area contributed by atoms with E-state index < -0.39 is 5.97 Å². The molecular formula is C15H22N2O4. The van der Waals surface area contributed by atoms with Crippen LogP contribution in [0.5, 0.6) is 0 Å². The van der Waals surface area contributed by atoms with Crippen LogP contribution in [0.1, 0.15) is 29.8 Å². The Hall–Kier alpha value is -2.08. The van der Waals surface area contributed by atoms with Gasteiger partial charge in [0.15, 0.2) is 0 Å². The Kier molecular flexibility index (Phi) is 6.68. The van der Waals surface area contributed by atoms with Gasteiger partial charge in [-0.05, 0) is 31.5 Å². The third kappa shape index (κ3) is 5.83. The maximum atomic E-state index is 12.0. The molecule has 21 heavy (non-hydrogen) atoms. The van der Waals surface area contributed by atoms with E-state index in [1.54, 1.807) is 19.2 Å². The third-order valence-corrected chi connectivity index (χ3v) is 2.91. The van der Waals surface area contributed by atoms with Crippen LogP contribution in [0.2, 0.25) is 0 Å². The summed E-state index contributed by atoms with van der Waals surface area (Å²) < 4.78 is 5.24.